The molecule has 5 nitrogen and oxygen atoms in total. The van der Waals surface area contributed by atoms with Crippen LogP contribution in [0.5, 0.6) is 0 Å². The Bertz CT molecular complexity index is 869. The predicted molar refractivity (Wildman–Crippen MR) is 92.2 cm³/mol. The fourth-order valence-corrected chi connectivity index (χ4v) is 2.47. The monoisotopic (exact) mass is 319 g/mol. The smallest absolute Gasteiger partial charge is 0.273 e. The molecule has 0 aliphatic carbocycles. The summed E-state index contributed by atoms with van der Waals surface area (Å²) in [6.07, 6.45) is 1.59. The van der Waals surface area contributed by atoms with E-state index in [-0.39, 0.29) is 11.7 Å². The van der Waals surface area contributed by atoms with Crippen molar-refractivity contribution in [3.63, 3.8) is 0 Å². The molecule has 5 heteroatoms. The van der Waals surface area contributed by atoms with Crippen molar-refractivity contribution in [1.29, 1.82) is 0 Å². The molecule has 0 spiro atoms. The van der Waals surface area contributed by atoms with Crippen molar-refractivity contribution in [3.8, 4) is 0 Å². The van der Waals surface area contributed by atoms with Crippen LogP contribution in [0.25, 0.3) is 0 Å². The fraction of sp³-hybridized carbons (Fsp3) is 0.105. The third-order valence-electron chi connectivity index (χ3n) is 3.67. The van der Waals surface area contributed by atoms with Crippen LogP contribution in [0.2, 0.25) is 0 Å². The highest BCUT2D eigenvalue weighted by atomic mass is 16.2. The molecule has 3 rings (SSSR count). The maximum atomic E-state index is 12.5. The van der Waals surface area contributed by atoms with Crippen LogP contribution in [0.1, 0.15) is 33.3 Å². The van der Waals surface area contributed by atoms with Gasteiger partial charge in [0.2, 0.25) is 0 Å². The topological polar surface area (TPSA) is 64.0 Å². The number of anilines is 1. The van der Waals surface area contributed by atoms with Gasteiger partial charge in [0.15, 0.2) is 5.78 Å². The van der Waals surface area contributed by atoms with Crippen molar-refractivity contribution in [2.45, 2.75) is 13.5 Å². The second-order valence-corrected chi connectivity index (χ2v) is 5.26. The predicted octanol–water partition coefficient (Wildman–Crippen LogP) is 3.39. The largest absolute Gasteiger partial charge is 0.321 e. The molecule has 2 aromatic carbocycles. The van der Waals surface area contributed by atoms with Crippen LogP contribution in [-0.2, 0) is 6.54 Å². The zero-order valence-electron chi connectivity index (χ0n) is 13.3. The Morgan fingerprint density at radius 1 is 1.00 bits per heavy atom. The van der Waals surface area contributed by atoms with Gasteiger partial charge in [0.1, 0.15) is 5.69 Å². The fourth-order valence-electron chi connectivity index (χ4n) is 2.47. The van der Waals surface area contributed by atoms with Crippen LogP contribution in [-0.4, -0.2) is 21.5 Å². The molecule has 120 valence electrons. The second-order valence-electron chi connectivity index (χ2n) is 5.26. The van der Waals surface area contributed by atoms with Crippen LogP contribution in [0.3, 0.4) is 0 Å². The number of amides is 1. The van der Waals surface area contributed by atoms with Crippen molar-refractivity contribution in [2.24, 2.45) is 0 Å². The molecule has 24 heavy (non-hydrogen) atoms. The van der Waals surface area contributed by atoms with Crippen molar-refractivity contribution in [1.82, 2.24) is 9.78 Å². The summed E-state index contributed by atoms with van der Waals surface area (Å²) in [6.45, 7) is 2.53. The van der Waals surface area contributed by atoms with Gasteiger partial charge in [-0.1, -0.05) is 42.5 Å². The first kappa shape index (κ1) is 15.7. The van der Waals surface area contributed by atoms with Gasteiger partial charge in [-0.25, -0.2) is 0 Å². The summed E-state index contributed by atoms with van der Waals surface area (Å²) in [6, 6.07) is 17.6. The van der Waals surface area contributed by atoms with Gasteiger partial charge in [0.25, 0.3) is 5.91 Å². The highest BCUT2D eigenvalue weighted by Crippen LogP contribution is 2.16. The summed E-state index contributed by atoms with van der Waals surface area (Å²) in [4.78, 5) is 24.8. The molecule has 1 amide bonds. The number of benzene rings is 2. The van der Waals surface area contributed by atoms with Crippen molar-refractivity contribution >= 4 is 17.4 Å². The number of hydrogen-bond donors (Lipinski definition) is 1. The molecule has 3 aromatic rings. The van der Waals surface area contributed by atoms with Crippen molar-refractivity contribution < 1.29 is 9.59 Å². The van der Waals surface area contributed by atoms with E-state index in [4.69, 9.17) is 0 Å². The molecule has 0 saturated heterocycles. The summed E-state index contributed by atoms with van der Waals surface area (Å²) in [5, 5.41) is 6.90. The van der Waals surface area contributed by atoms with Crippen molar-refractivity contribution in [3.05, 3.63) is 83.7 Å². The molecule has 0 aliphatic rings. The number of aryl methyl sites for hydroxylation is 1. The summed E-state index contributed by atoms with van der Waals surface area (Å²) >= 11 is 0. The summed E-state index contributed by atoms with van der Waals surface area (Å²) in [7, 11) is 0. The maximum absolute atomic E-state index is 12.5. The van der Waals surface area contributed by atoms with E-state index < -0.39 is 0 Å². The molecule has 0 fully saturated rings. The minimum Gasteiger partial charge on any atom is -0.321 e. The molecule has 0 saturated carbocycles. The Kier molecular flexibility index (Phi) is 4.52. The summed E-state index contributed by atoms with van der Waals surface area (Å²) in [5.41, 5.74) is 2.20. The minimum absolute atomic E-state index is 0.0784. The molecule has 0 unspecified atom stereocenters. The zero-order valence-corrected chi connectivity index (χ0v) is 13.3. The first-order valence-corrected chi connectivity index (χ1v) is 7.72. The van der Waals surface area contributed by atoms with E-state index in [9.17, 15) is 9.59 Å². The summed E-state index contributed by atoms with van der Waals surface area (Å²) < 4.78 is 1.62. The quantitative estimate of drug-likeness (QED) is 0.733. The molecule has 0 bridgehead atoms. The van der Waals surface area contributed by atoms with Gasteiger partial charge in [0.05, 0.1) is 0 Å². The SMILES string of the molecule is CCn1nccc1C(=O)Nc1cccc(C(=O)c2ccccc2)c1. The van der Waals surface area contributed by atoms with E-state index in [0.29, 0.717) is 29.1 Å². The Morgan fingerprint density at radius 3 is 2.50 bits per heavy atom. The standard InChI is InChI=1S/C19H17N3O2/c1-2-22-17(11-12-20-22)19(24)21-16-10-6-9-15(13-16)18(23)14-7-4-3-5-8-14/h3-13H,2H2,1H3,(H,21,24). The third kappa shape index (κ3) is 3.25. The first-order valence-electron chi connectivity index (χ1n) is 7.72. The lowest BCUT2D eigenvalue weighted by Gasteiger charge is -2.08. The highest BCUT2D eigenvalue weighted by Gasteiger charge is 2.13. The second kappa shape index (κ2) is 6.91. The first-order chi connectivity index (χ1) is 11.7. The van der Waals surface area contributed by atoms with Crippen LogP contribution < -0.4 is 5.32 Å². The third-order valence-corrected chi connectivity index (χ3v) is 3.67. The number of carbonyl (C=O) groups is 2. The number of hydrogen-bond acceptors (Lipinski definition) is 3. The molecule has 0 atom stereocenters. The molecular weight excluding hydrogens is 302 g/mol. The number of aromatic nitrogens is 2. The zero-order chi connectivity index (χ0) is 16.9. The molecule has 1 aromatic heterocycles. The Balaban J connectivity index is 1.81. The van der Waals surface area contributed by atoms with Gasteiger partial charge in [-0.15, -0.1) is 0 Å². The Labute approximate surface area is 139 Å². The van der Waals surface area contributed by atoms with Gasteiger partial charge in [0, 0.05) is 29.6 Å². The van der Waals surface area contributed by atoms with Gasteiger partial charge >= 0.3 is 0 Å². The Hall–Kier alpha value is -3.21. The summed E-state index contributed by atoms with van der Waals surface area (Å²) in [5.74, 6) is -0.330. The van der Waals surface area contributed by atoms with E-state index in [1.54, 1.807) is 53.3 Å². The van der Waals surface area contributed by atoms with Crippen LogP contribution in [0.4, 0.5) is 5.69 Å². The van der Waals surface area contributed by atoms with E-state index in [1.165, 1.54) is 0 Å². The molecule has 0 aliphatic heterocycles. The van der Waals surface area contributed by atoms with E-state index >= 15 is 0 Å². The van der Waals surface area contributed by atoms with Crippen LogP contribution >= 0.6 is 0 Å². The van der Waals surface area contributed by atoms with Gasteiger partial charge in [-0.05, 0) is 25.1 Å². The molecule has 0 radical (unpaired) electrons. The lowest BCUT2D eigenvalue weighted by molar-refractivity contribution is 0.101. The highest BCUT2D eigenvalue weighted by molar-refractivity contribution is 6.10. The molecular formula is C19H17N3O2. The Morgan fingerprint density at radius 2 is 1.75 bits per heavy atom. The van der Waals surface area contributed by atoms with Crippen LogP contribution in [0, 0.1) is 0 Å². The maximum Gasteiger partial charge on any atom is 0.273 e. The average molecular weight is 319 g/mol. The normalized spacial score (nSPS) is 10.4. The number of nitrogens with zero attached hydrogens (tertiary/aromatic N) is 2. The number of rotatable bonds is 5. The number of ketones is 1. The minimum atomic E-state index is -0.251. The lowest BCUT2D eigenvalue weighted by atomic mass is 10.0. The number of nitrogens with one attached hydrogen (secondary N) is 1. The average Bonchev–Trinajstić information content (AvgIpc) is 3.11. The van der Waals surface area contributed by atoms with Gasteiger partial charge in [-0.3, -0.25) is 14.3 Å². The van der Waals surface area contributed by atoms with Crippen molar-refractivity contribution in [2.75, 3.05) is 5.32 Å². The van der Waals surface area contributed by atoms with Crippen LogP contribution in [0.15, 0.2) is 66.9 Å². The number of carbonyl (C=O) groups excluding carboxylic acids is 2. The molecule has 1 heterocycles. The molecule has 1 N–H and O–H groups in total. The van der Waals surface area contributed by atoms with Gasteiger partial charge in [-0.2, -0.15) is 5.10 Å². The van der Waals surface area contributed by atoms with E-state index in [0.717, 1.165) is 0 Å². The van der Waals surface area contributed by atoms with E-state index in [2.05, 4.69) is 10.4 Å². The van der Waals surface area contributed by atoms with E-state index in [1.807, 2.05) is 25.1 Å². The van der Waals surface area contributed by atoms with Gasteiger partial charge < -0.3 is 5.32 Å². The lowest BCUT2D eigenvalue weighted by Crippen LogP contribution is -2.17.